The van der Waals surface area contributed by atoms with E-state index < -0.39 is 5.60 Å². The van der Waals surface area contributed by atoms with Crippen LogP contribution in [0.25, 0.3) is 0 Å². The largest absolute Gasteiger partial charge is 0.372 e. The second-order valence-corrected chi connectivity index (χ2v) is 6.55. The van der Waals surface area contributed by atoms with Crippen LogP contribution in [0.15, 0.2) is 78.9 Å². The third-order valence-electron chi connectivity index (χ3n) is 4.57. The van der Waals surface area contributed by atoms with Gasteiger partial charge in [-0.3, -0.25) is 4.79 Å². The van der Waals surface area contributed by atoms with Gasteiger partial charge >= 0.3 is 0 Å². The zero-order valence-electron chi connectivity index (χ0n) is 13.4. The lowest BCUT2D eigenvalue weighted by molar-refractivity contribution is -0.132. The van der Waals surface area contributed by atoms with E-state index in [0.29, 0.717) is 28.4 Å². The predicted octanol–water partition coefficient (Wildman–Crippen LogP) is 4.12. The second kappa shape index (κ2) is 6.03. The van der Waals surface area contributed by atoms with Gasteiger partial charge in [0.05, 0.1) is 12.2 Å². The number of carbonyl (C=O) groups excluding carboxylic acids is 1. The molecule has 3 aromatic carbocycles. The fourth-order valence-corrected chi connectivity index (χ4v) is 3.51. The highest BCUT2D eigenvalue weighted by molar-refractivity contribution is 6.31. The molecule has 0 fully saturated rings. The molecule has 0 radical (unpaired) electrons. The minimum atomic E-state index is -1.73. The summed E-state index contributed by atoms with van der Waals surface area (Å²) in [5.41, 5.74) is 1.01. The van der Waals surface area contributed by atoms with Crippen LogP contribution in [0.2, 0.25) is 5.02 Å². The molecular weight excluding hydrogens is 334 g/mol. The van der Waals surface area contributed by atoms with Gasteiger partial charge in [0, 0.05) is 10.6 Å². The quantitative estimate of drug-likeness (QED) is 0.772. The summed E-state index contributed by atoms with van der Waals surface area (Å²) in [6, 6.07) is 23.9. The molecule has 4 heteroatoms. The van der Waals surface area contributed by atoms with Crippen molar-refractivity contribution in [1.82, 2.24) is 0 Å². The van der Waals surface area contributed by atoms with Crippen molar-refractivity contribution >= 4 is 23.2 Å². The first-order valence-corrected chi connectivity index (χ1v) is 8.42. The number of anilines is 1. The van der Waals surface area contributed by atoms with Crippen molar-refractivity contribution in [1.29, 1.82) is 0 Å². The molecular formula is C21H16ClNO2. The summed E-state index contributed by atoms with van der Waals surface area (Å²) in [4.78, 5) is 14.9. The van der Waals surface area contributed by atoms with Crippen molar-refractivity contribution in [2.45, 2.75) is 12.1 Å². The Morgan fingerprint density at radius 2 is 1.56 bits per heavy atom. The zero-order chi connectivity index (χ0) is 17.4. The van der Waals surface area contributed by atoms with Crippen molar-refractivity contribution < 1.29 is 9.90 Å². The standard InChI is InChI=1S/C21H16ClNO2/c22-17-11-12-19-18(13-17)21(25,16-9-5-2-6-10-16)20(24)23(19)14-15-7-3-1-4-8-15/h1-13,25H,14H2/t21-/m1/s1. The number of hydrogen-bond donors (Lipinski definition) is 1. The Hall–Kier alpha value is -2.62. The summed E-state index contributed by atoms with van der Waals surface area (Å²) in [6.07, 6.45) is 0. The van der Waals surface area contributed by atoms with E-state index in [9.17, 15) is 9.90 Å². The Bertz CT molecular complexity index is 927. The van der Waals surface area contributed by atoms with Crippen LogP contribution in [-0.4, -0.2) is 11.0 Å². The molecule has 3 aromatic rings. The topological polar surface area (TPSA) is 40.5 Å². The first kappa shape index (κ1) is 15.9. The number of hydrogen-bond acceptors (Lipinski definition) is 2. The first-order valence-electron chi connectivity index (χ1n) is 8.04. The Morgan fingerprint density at radius 3 is 2.24 bits per heavy atom. The monoisotopic (exact) mass is 349 g/mol. The van der Waals surface area contributed by atoms with Crippen LogP contribution < -0.4 is 4.90 Å². The molecule has 0 spiro atoms. The molecule has 124 valence electrons. The normalized spacial score (nSPS) is 19.1. The highest BCUT2D eigenvalue weighted by atomic mass is 35.5. The van der Waals surface area contributed by atoms with Gasteiger partial charge < -0.3 is 10.0 Å². The van der Waals surface area contributed by atoms with Crippen molar-refractivity contribution in [3.63, 3.8) is 0 Å². The third kappa shape index (κ3) is 2.53. The average molecular weight is 350 g/mol. The van der Waals surface area contributed by atoms with Gasteiger partial charge in [-0.2, -0.15) is 0 Å². The molecule has 1 aliphatic heterocycles. The number of benzene rings is 3. The number of aliphatic hydroxyl groups is 1. The molecule has 1 aliphatic rings. The lowest BCUT2D eigenvalue weighted by Gasteiger charge is -2.23. The van der Waals surface area contributed by atoms with Gasteiger partial charge in [0.25, 0.3) is 5.91 Å². The van der Waals surface area contributed by atoms with Crippen LogP contribution in [-0.2, 0) is 16.9 Å². The summed E-state index contributed by atoms with van der Waals surface area (Å²) < 4.78 is 0. The summed E-state index contributed by atoms with van der Waals surface area (Å²) in [6.45, 7) is 0.392. The van der Waals surface area contributed by atoms with Crippen LogP contribution in [0.5, 0.6) is 0 Å². The van der Waals surface area contributed by atoms with E-state index in [2.05, 4.69) is 0 Å². The summed E-state index contributed by atoms with van der Waals surface area (Å²) in [7, 11) is 0. The van der Waals surface area contributed by atoms with Crippen molar-refractivity contribution in [2.75, 3.05) is 4.90 Å². The van der Waals surface area contributed by atoms with E-state index in [1.54, 1.807) is 35.2 Å². The Labute approximate surface area is 151 Å². The second-order valence-electron chi connectivity index (χ2n) is 6.11. The Kier molecular flexibility index (Phi) is 3.83. The molecule has 1 atom stereocenters. The summed E-state index contributed by atoms with van der Waals surface area (Å²) >= 11 is 6.15. The number of nitrogens with zero attached hydrogens (tertiary/aromatic N) is 1. The number of carbonyl (C=O) groups is 1. The molecule has 0 bridgehead atoms. The fraction of sp³-hybridized carbons (Fsp3) is 0.0952. The van der Waals surface area contributed by atoms with Crippen LogP contribution in [0.1, 0.15) is 16.7 Å². The number of amides is 1. The predicted molar refractivity (Wildman–Crippen MR) is 98.5 cm³/mol. The molecule has 0 aliphatic carbocycles. The van der Waals surface area contributed by atoms with Gasteiger partial charge in [0.1, 0.15) is 0 Å². The number of halogens is 1. The Balaban J connectivity index is 1.86. The lowest BCUT2D eigenvalue weighted by Crippen LogP contribution is -2.40. The molecule has 4 rings (SSSR count). The molecule has 0 saturated heterocycles. The SMILES string of the molecule is O=C1N(Cc2ccccc2)c2ccc(Cl)cc2[C@]1(O)c1ccccc1. The maximum atomic E-state index is 13.2. The zero-order valence-corrected chi connectivity index (χ0v) is 14.1. The van der Waals surface area contributed by atoms with Gasteiger partial charge in [0.15, 0.2) is 5.60 Å². The van der Waals surface area contributed by atoms with Crippen LogP contribution in [0.3, 0.4) is 0 Å². The molecule has 1 heterocycles. The van der Waals surface area contributed by atoms with Crippen molar-refractivity contribution in [2.24, 2.45) is 0 Å². The summed E-state index contributed by atoms with van der Waals surface area (Å²) in [5.74, 6) is -0.361. The van der Waals surface area contributed by atoms with Crippen LogP contribution in [0, 0.1) is 0 Å². The highest BCUT2D eigenvalue weighted by Gasteiger charge is 2.51. The molecule has 0 saturated carbocycles. The molecule has 1 amide bonds. The van der Waals surface area contributed by atoms with Gasteiger partial charge in [-0.15, -0.1) is 0 Å². The van der Waals surface area contributed by atoms with Crippen molar-refractivity contribution in [3.05, 3.63) is 101 Å². The summed E-state index contributed by atoms with van der Waals surface area (Å²) in [5, 5.41) is 11.9. The molecule has 0 aromatic heterocycles. The fourth-order valence-electron chi connectivity index (χ4n) is 3.33. The van der Waals surface area contributed by atoms with Gasteiger partial charge in [0.2, 0.25) is 0 Å². The van der Waals surface area contributed by atoms with Crippen LogP contribution in [0.4, 0.5) is 5.69 Å². The van der Waals surface area contributed by atoms with E-state index in [4.69, 9.17) is 11.6 Å². The minimum Gasteiger partial charge on any atom is -0.372 e. The number of rotatable bonds is 3. The minimum absolute atomic E-state index is 0.361. The van der Waals surface area contributed by atoms with Gasteiger partial charge in [-0.25, -0.2) is 0 Å². The molecule has 25 heavy (non-hydrogen) atoms. The van der Waals surface area contributed by atoms with E-state index >= 15 is 0 Å². The highest BCUT2D eigenvalue weighted by Crippen LogP contribution is 2.45. The van der Waals surface area contributed by atoms with E-state index in [1.807, 2.05) is 48.5 Å². The van der Waals surface area contributed by atoms with E-state index in [0.717, 1.165) is 5.56 Å². The maximum Gasteiger partial charge on any atom is 0.268 e. The molecule has 0 unspecified atom stereocenters. The Morgan fingerprint density at radius 1 is 0.920 bits per heavy atom. The van der Waals surface area contributed by atoms with E-state index in [1.165, 1.54) is 0 Å². The van der Waals surface area contributed by atoms with Crippen molar-refractivity contribution in [3.8, 4) is 0 Å². The number of fused-ring (bicyclic) bond motifs is 1. The van der Waals surface area contributed by atoms with Gasteiger partial charge in [-0.1, -0.05) is 72.3 Å². The maximum absolute atomic E-state index is 13.2. The van der Waals surface area contributed by atoms with E-state index in [-0.39, 0.29) is 5.91 Å². The first-order chi connectivity index (χ1) is 12.1. The molecule has 3 nitrogen and oxygen atoms in total. The van der Waals surface area contributed by atoms with Crippen LogP contribution >= 0.6 is 11.6 Å². The molecule has 1 N–H and O–H groups in total. The average Bonchev–Trinajstić information content (AvgIpc) is 2.86. The third-order valence-corrected chi connectivity index (χ3v) is 4.80. The smallest absolute Gasteiger partial charge is 0.268 e. The lowest BCUT2D eigenvalue weighted by atomic mass is 9.87. The van der Waals surface area contributed by atoms with Gasteiger partial charge in [-0.05, 0) is 29.3 Å².